The van der Waals surface area contributed by atoms with Gasteiger partial charge in [-0.3, -0.25) is 9.59 Å². The van der Waals surface area contributed by atoms with Gasteiger partial charge in [0.2, 0.25) is 5.91 Å². The Morgan fingerprint density at radius 3 is 2.44 bits per heavy atom. The molecule has 0 aromatic heterocycles. The first kappa shape index (κ1) is 16.9. The third-order valence-corrected chi connectivity index (χ3v) is 2.56. The number of unbranched alkanes of at least 4 members (excludes halogenated alkanes) is 4. The summed E-state index contributed by atoms with van der Waals surface area (Å²) in [7, 11) is 0. The molecular formula is C13H26N2O3. The molecule has 18 heavy (non-hydrogen) atoms. The maximum atomic E-state index is 11.4. The number of nitrogens with one attached hydrogen (secondary N) is 1. The van der Waals surface area contributed by atoms with Crippen LogP contribution in [0.3, 0.4) is 0 Å². The largest absolute Gasteiger partial charge is 0.466 e. The summed E-state index contributed by atoms with van der Waals surface area (Å²) in [5.74, 6) is -0.118. The van der Waals surface area contributed by atoms with Crippen LogP contribution in [0.15, 0.2) is 0 Å². The Balaban J connectivity index is 3.17. The Hall–Kier alpha value is -1.10. The lowest BCUT2D eigenvalue weighted by Crippen LogP contribution is -2.24. The Morgan fingerprint density at radius 1 is 1.06 bits per heavy atom. The van der Waals surface area contributed by atoms with Crippen LogP contribution in [0, 0.1) is 0 Å². The van der Waals surface area contributed by atoms with Crippen LogP contribution in [0.25, 0.3) is 0 Å². The fraction of sp³-hybridized carbons (Fsp3) is 0.846. The monoisotopic (exact) mass is 258 g/mol. The number of hydrogen-bond acceptors (Lipinski definition) is 4. The van der Waals surface area contributed by atoms with E-state index in [0.29, 0.717) is 26.1 Å². The predicted molar refractivity (Wildman–Crippen MR) is 71.0 cm³/mol. The molecule has 0 spiro atoms. The highest BCUT2D eigenvalue weighted by molar-refractivity contribution is 5.75. The fourth-order valence-electron chi connectivity index (χ4n) is 1.54. The lowest BCUT2D eigenvalue weighted by molar-refractivity contribution is -0.141. The van der Waals surface area contributed by atoms with Gasteiger partial charge in [0.25, 0.3) is 0 Å². The number of nitrogens with two attached hydrogens (primary N) is 1. The molecule has 0 saturated heterocycles. The molecule has 0 atom stereocenters. The van der Waals surface area contributed by atoms with E-state index in [1.165, 1.54) is 6.92 Å². The van der Waals surface area contributed by atoms with Gasteiger partial charge < -0.3 is 15.8 Å². The molecule has 3 N–H and O–H groups in total. The summed E-state index contributed by atoms with van der Waals surface area (Å²) in [6, 6.07) is 0. The number of carbonyl (C=O) groups is 2. The van der Waals surface area contributed by atoms with E-state index in [1.807, 2.05) is 0 Å². The summed E-state index contributed by atoms with van der Waals surface area (Å²) >= 11 is 0. The van der Waals surface area contributed by atoms with Crippen molar-refractivity contribution >= 4 is 11.9 Å². The van der Waals surface area contributed by atoms with Crippen molar-refractivity contribution in [1.29, 1.82) is 0 Å². The van der Waals surface area contributed by atoms with E-state index in [-0.39, 0.29) is 11.9 Å². The number of esters is 1. The molecule has 0 aromatic rings. The van der Waals surface area contributed by atoms with Crippen molar-refractivity contribution in [2.75, 3.05) is 19.7 Å². The van der Waals surface area contributed by atoms with Crippen molar-refractivity contribution in [2.45, 2.75) is 51.9 Å². The Kier molecular flexibility index (Phi) is 11.6. The normalized spacial score (nSPS) is 10.1. The summed E-state index contributed by atoms with van der Waals surface area (Å²) in [5.41, 5.74) is 5.37. The van der Waals surface area contributed by atoms with E-state index in [4.69, 9.17) is 10.5 Å². The van der Waals surface area contributed by atoms with Crippen LogP contribution in [0.5, 0.6) is 0 Å². The van der Waals surface area contributed by atoms with Gasteiger partial charge in [-0.2, -0.15) is 0 Å². The van der Waals surface area contributed by atoms with Crippen molar-refractivity contribution in [3.05, 3.63) is 0 Å². The van der Waals surface area contributed by atoms with Crippen LogP contribution in [-0.4, -0.2) is 31.6 Å². The Labute approximate surface area is 109 Å². The van der Waals surface area contributed by atoms with Gasteiger partial charge in [0.15, 0.2) is 0 Å². The molecule has 0 fully saturated rings. The topological polar surface area (TPSA) is 81.4 Å². The molecule has 0 bridgehead atoms. The molecule has 0 aliphatic rings. The second-order valence-corrected chi connectivity index (χ2v) is 4.35. The SMILES string of the molecule is CC(=O)OCCCCCNC(=O)CCCCCN. The van der Waals surface area contributed by atoms with Crippen LogP contribution in [0.4, 0.5) is 0 Å². The van der Waals surface area contributed by atoms with Crippen LogP contribution >= 0.6 is 0 Å². The number of carbonyl (C=O) groups excluding carboxylic acids is 2. The zero-order chi connectivity index (χ0) is 13.6. The van der Waals surface area contributed by atoms with Gasteiger partial charge in [-0.15, -0.1) is 0 Å². The molecule has 5 heteroatoms. The molecular weight excluding hydrogens is 232 g/mol. The van der Waals surface area contributed by atoms with Crippen molar-refractivity contribution < 1.29 is 14.3 Å². The highest BCUT2D eigenvalue weighted by Crippen LogP contribution is 1.99. The van der Waals surface area contributed by atoms with Crippen LogP contribution in [-0.2, 0) is 14.3 Å². The highest BCUT2D eigenvalue weighted by atomic mass is 16.5. The smallest absolute Gasteiger partial charge is 0.302 e. The van der Waals surface area contributed by atoms with E-state index < -0.39 is 0 Å². The summed E-state index contributed by atoms with van der Waals surface area (Å²) in [6.45, 7) is 3.28. The van der Waals surface area contributed by atoms with Gasteiger partial charge in [0.1, 0.15) is 0 Å². The van der Waals surface area contributed by atoms with Gasteiger partial charge in [-0.1, -0.05) is 6.42 Å². The van der Waals surface area contributed by atoms with E-state index >= 15 is 0 Å². The number of hydrogen-bond donors (Lipinski definition) is 2. The Bertz CT molecular complexity index is 232. The molecule has 0 saturated carbocycles. The van der Waals surface area contributed by atoms with E-state index in [2.05, 4.69) is 5.32 Å². The van der Waals surface area contributed by atoms with Gasteiger partial charge >= 0.3 is 5.97 Å². The number of ether oxygens (including phenoxy) is 1. The van der Waals surface area contributed by atoms with Crippen molar-refractivity contribution in [1.82, 2.24) is 5.32 Å². The minimum Gasteiger partial charge on any atom is -0.466 e. The van der Waals surface area contributed by atoms with E-state index in [1.54, 1.807) is 0 Å². The van der Waals surface area contributed by atoms with E-state index in [0.717, 1.165) is 38.5 Å². The second kappa shape index (κ2) is 12.4. The van der Waals surface area contributed by atoms with E-state index in [9.17, 15) is 9.59 Å². The molecule has 0 aliphatic carbocycles. The standard InChI is InChI=1S/C13H26N2O3/c1-12(16)18-11-7-3-6-10-15-13(17)8-4-2-5-9-14/h2-11,14H2,1H3,(H,15,17). The first-order valence-corrected chi connectivity index (χ1v) is 6.77. The molecule has 0 radical (unpaired) electrons. The molecule has 5 nitrogen and oxygen atoms in total. The minimum atomic E-state index is -0.235. The maximum absolute atomic E-state index is 11.4. The molecule has 0 heterocycles. The first-order chi connectivity index (χ1) is 8.66. The molecule has 0 aliphatic heterocycles. The summed E-state index contributed by atoms with van der Waals surface area (Å²) in [6.07, 6.45) is 6.25. The molecule has 0 aromatic carbocycles. The van der Waals surface area contributed by atoms with Gasteiger partial charge in [0, 0.05) is 19.9 Å². The maximum Gasteiger partial charge on any atom is 0.302 e. The minimum absolute atomic E-state index is 0.118. The van der Waals surface area contributed by atoms with Crippen molar-refractivity contribution in [3.63, 3.8) is 0 Å². The predicted octanol–water partition coefficient (Wildman–Crippen LogP) is 1.36. The summed E-state index contributed by atoms with van der Waals surface area (Å²) < 4.78 is 4.81. The quantitative estimate of drug-likeness (QED) is 0.433. The van der Waals surface area contributed by atoms with Crippen molar-refractivity contribution in [2.24, 2.45) is 5.73 Å². The second-order valence-electron chi connectivity index (χ2n) is 4.35. The fourth-order valence-corrected chi connectivity index (χ4v) is 1.54. The number of rotatable bonds is 11. The lowest BCUT2D eigenvalue weighted by Gasteiger charge is -2.05. The third kappa shape index (κ3) is 13.0. The first-order valence-electron chi connectivity index (χ1n) is 6.77. The summed E-state index contributed by atoms with van der Waals surface area (Å²) in [4.78, 5) is 21.9. The lowest BCUT2D eigenvalue weighted by atomic mass is 10.2. The van der Waals surface area contributed by atoms with Gasteiger partial charge in [-0.05, 0) is 38.6 Å². The third-order valence-electron chi connectivity index (χ3n) is 2.56. The molecule has 0 rings (SSSR count). The average Bonchev–Trinajstić information content (AvgIpc) is 2.33. The Morgan fingerprint density at radius 2 is 1.78 bits per heavy atom. The van der Waals surface area contributed by atoms with Crippen molar-refractivity contribution in [3.8, 4) is 0 Å². The van der Waals surface area contributed by atoms with Gasteiger partial charge in [0.05, 0.1) is 6.61 Å². The summed E-state index contributed by atoms with van der Waals surface area (Å²) in [5, 5.41) is 2.88. The molecule has 1 amide bonds. The van der Waals surface area contributed by atoms with Crippen LogP contribution in [0.1, 0.15) is 51.9 Å². The molecule has 0 unspecified atom stereocenters. The van der Waals surface area contributed by atoms with Crippen LogP contribution in [0.2, 0.25) is 0 Å². The van der Waals surface area contributed by atoms with Crippen LogP contribution < -0.4 is 11.1 Å². The molecule has 106 valence electrons. The zero-order valence-electron chi connectivity index (χ0n) is 11.4. The number of amides is 1. The zero-order valence-corrected chi connectivity index (χ0v) is 11.4. The van der Waals surface area contributed by atoms with Gasteiger partial charge in [-0.25, -0.2) is 0 Å². The highest BCUT2D eigenvalue weighted by Gasteiger charge is 2.00. The average molecular weight is 258 g/mol.